The summed E-state index contributed by atoms with van der Waals surface area (Å²) in [6.07, 6.45) is 1.69. The minimum Gasteiger partial charge on any atom is -0.469 e. The fraction of sp³-hybridized carbons (Fsp3) is 0.375. The zero-order chi connectivity index (χ0) is 15.9. The second-order valence-electron chi connectivity index (χ2n) is 4.62. The number of methoxy groups -OCH3 is 2. The average molecular weight is 338 g/mol. The Balaban J connectivity index is 2.41. The summed E-state index contributed by atoms with van der Waals surface area (Å²) < 4.78 is 9.74. The number of carbonyl (C=O) groups is 2. The second kappa shape index (κ2) is 8.29. The van der Waals surface area contributed by atoms with Crippen molar-refractivity contribution in [1.82, 2.24) is 0 Å². The standard InChI is InChI=1S/C16H18O4S2/c1-19-15(17)12-10-13(16(18)20-2)21-8-9-22-14(12)11-6-4-3-5-7-11/h3-7,10,12,14H,8-9H2,1-2H3/b13-10-. The normalized spacial score (nSPS) is 24.4. The summed E-state index contributed by atoms with van der Waals surface area (Å²) in [5.74, 6) is 0.372. The van der Waals surface area contributed by atoms with Crippen LogP contribution in [0.5, 0.6) is 0 Å². The minimum atomic E-state index is -0.515. The molecule has 1 aromatic rings. The monoisotopic (exact) mass is 338 g/mol. The van der Waals surface area contributed by atoms with Crippen LogP contribution in [0.1, 0.15) is 10.8 Å². The number of benzene rings is 1. The smallest absolute Gasteiger partial charge is 0.344 e. The van der Waals surface area contributed by atoms with E-state index in [9.17, 15) is 9.59 Å². The van der Waals surface area contributed by atoms with Crippen molar-refractivity contribution in [3.05, 3.63) is 46.9 Å². The van der Waals surface area contributed by atoms with Crippen LogP contribution in [0.15, 0.2) is 41.3 Å². The lowest BCUT2D eigenvalue weighted by molar-refractivity contribution is -0.143. The van der Waals surface area contributed by atoms with Gasteiger partial charge < -0.3 is 9.47 Å². The Hall–Kier alpha value is -1.40. The van der Waals surface area contributed by atoms with E-state index < -0.39 is 11.9 Å². The first-order valence-corrected chi connectivity index (χ1v) is 8.88. The van der Waals surface area contributed by atoms with Gasteiger partial charge in [0.1, 0.15) is 0 Å². The van der Waals surface area contributed by atoms with Crippen molar-refractivity contribution in [2.45, 2.75) is 5.25 Å². The molecule has 0 aliphatic carbocycles. The van der Waals surface area contributed by atoms with Gasteiger partial charge in [-0.05, 0) is 11.6 Å². The van der Waals surface area contributed by atoms with E-state index in [2.05, 4.69) is 0 Å². The first kappa shape index (κ1) is 17.0. The van der Waals surface area contributed by atoms with Crippen molar-refractivity contribution in [2.24, 2.45) is 5.92 Å². The molecular weight excluding hydrogens is 320 g/mol. The molecular formula is C16H18O4S2. The number of hydrogen-bond donors (Lipinski definition) is 0. The van der Waals surface area contributed by atoms with Gasteiger partial charge in [0.2, 0.25) is 0 Å². The molecule has 0 saturated carbocycles. The van der Waals surface area contributed by atoms with Crippen molar-refractivity contribution in [2.75, 3.05) is 25.7 Å². The second-order valence-corrected chi connectivity index (χ2v) is 7.01. The minimum absolute atomic E-state index is 0.0748. The van der Waals surface area contributed by atoms with Crippen LogP contribution in [-0.2, 0) is 19.1 Å². The first-order valence-electron chi connectivity index (χ1n) is 6.84. The number of hydrogen-bond acceptors (Lipinski definition) is 6. The molecule has 1 aromatic carbocycles. The molecule has 0 amide bonds. The molecule has 0 fully saturated rings. The lowest BCUT2D eigenvalue weighted by Crippen LogP contribution is -2.23. The molecule has 0 saturated heterocycles. The van der Waals surface area contributed by atoms with Gasteiger partial charge >= 0.3 is 11.9 Å². The van der Waals surface area contributed by atoms with E-state index in [1.807, 2.05) is 30.3 Å². The zero-order valence-corrected chi connectivity index (χ0v) is 14.1. The van der Waals surface area contributed by atoms with Crippen molar-refractivity contribution in [3.63, 3.8) is 0 Å². The largest absolute Gasteiger partial charge is 0.469 e. The van der Waals surface area contributed by atoms with E-state index in [0.29, 0.717) is 4.91 Å². The van der Waals surface area contributed by atoms with Gasteiger partial charge in [-0.1, -0.05) is 30.3 Å². The Morgan fingerprint density at radius 2 is 1.82 bits per heavy atom. The quantitative estimate of drug-likeness (QED) is 0.790. The maximum absolute atomic E-state index is 12.2. The maximum Gasteiger partial charge on any atom is 0.344 e. The molecule has 2 rings (SSSR count). The molecule has 2 unspecified atom stereocenters. The highest BCUT2D eigenvalue weighted by Crippen LogP contribution is 2.41. The van der Waals surface area contributed by atoms with Gasteiger partial charge in [0, 0.05) is 16.8 Å². The SMILES string of the molecule is COC(=O)/C1=C/C(C(=O)OC)C(c2ccccc2)SCCS1. The Morgan fingerprint density at radius 1 is 1.09 bits per heavy atom. The van der Waals surface area contributed by atoms with E-state index in [1.165, 1.54) is 26.0 Å². The third kappa shape index (κ3) is 4.08. The number of rotatable bonds is 3. The van der Waals surface area contributed by atoms with Crippen molar-refractivity contribution in [3.8, 4) is 0 Å². The molecule has 2 atom stereocenters. The van der Waals surface area contributed by atoms with Crippen molar-refractivity contribution in [1.29, 1.82) is 0 Å². The fourth-order valence-electron chi connectivity index (χ4n) is 2.23. The molecule has 1 aliphatic heterocycles. The van der Waals surface area contributed by atoms with E-state index in [-0.39, 0.29) is 11.2 Å². The maximum atomic E-state index is 12.2. The lowest BCUT2D eigenvalue weighted by Gasteiger charge is -2.25. The third-order valence-electron chi connectivity index (χ3n) is 3.28. The summed E-state index contributed by atoms with van der Waals surface area (Å²) in [4.78, 5) is 24.6. The summed E-state index contributed by atoms with van der Waals surface area (Å²) in [6.45, 7) is 0. The number of esters is 2. The van der Waals surface area contributed by atoms with Gasteiger partial charge in [-0.2, -0.15) is 11.8 Å². The van der Waals surface area contributed by atoms with Crippen LogP contribution in [0.25, 0.3) is 0 Å². The number of thioether (sulfide) groups is 2. The molecule has 0 N–H and O–H groups in total. The van der Waals surface area contributed by atoms with E-state index in [1.54, 1.807) is 17.8 Å². The predicted molar refractivity (Wildman–Crippen MR) is 89.7 cm³/mol. The van der Waals surface area contributed by atoms with Crippen LogP contribution in [0.2, 0.25) is 0 Å². The van der Waals surface area contributed by atoms with Gasteiger partial charge in [-0.3, -0.25) is 4.79 Å². The van der Waals surface area contributed by atoms with Gasteiger partial charge in [0.05, 0.1) is 25.0 Å². The zero-order valence-electron chi connectivity index (χ0n) is 12.5. The summed E-state index contributed by atoms with van der Waals surface area (Å²) in [5, 5.41) is -0.0748. The van der Waals surface area contributed by atoms with Crippen LogP contribution in [-0.4, -0.2) is 37.7 Å². The lowest BCUT2D eigenvalue weighted by atomic mass is 9.98. The van der Waals surface area contributed by atoms with Gasteiger partial charge in [-0.15, -0.1) is 11.8 Å². The molecule has 4 nitrogen and oxygen atoms in total. The summed E-state index contributed by atoms with van der Waals surface area (Å²) in [5.41, 5.74) is 1.05. The van der Waals surface area contributed by atoms with Gasteiger partial charge in [0.25, 0.3) is 0 Å². The van der Waals surface area contributed by atoms with Crippen LogP contribution in [0.3, 0.4) is 0 Å². The van der Waals surface area contributed by atoms with E-state index >= 15 is 0 Å². The Morgan fingerprint density at radius 3 is 2.45 bits per heavy atom. The number of ether oxygens (including phenoxy) is 2. The summed E-state index contributed by atoms with van der Waals surface area (Å²) in [6, 6.07) is 9.82. The Kier molecular flexibility index (Phi) is 6.39. The molecule has 0 radical (unpaired) electrons. The highest BCUT2D eigenvalue weighted by molar-refractivity contribution is 8.06. The highest BCUT2D eigenvalue weighted by atomic mass is 32.2. The molecule has 22 heavy (non-hydrogen) atoms. The fourth-order valence-corrected chi connectivity index (χ4v) is 4.61. The Bertz CT molecular complexity index is 557. The van der Waals surface area contributed by atoms with Crippen molar-refractivity contribution < 1.29 is 19.1 Å². The van der Waals surface area contributed by atoms with Crippen molar-refractivity contribution >= 4 is 35.5 Å². The van der Waals surface area contributed by atoms with Crippen LogP contribution in [0, 0.1) is 5.92 Å². The molecule has 1 aliphatic rings. The van der Waals surface area contributed by atoms with Crippen LogP contribution >= 0.6 is 23.5 Å². The molecule has 6 heteroatoms. The topological polar surface area (TPSA) is 52.6 Å². The molecule has 0 aromatic heterocycles. The molecule has 0 bridgehead atoms. The Labute approximate surface area is 138 Å². The predicted octanol–water partition coefficient (Wildman–Crippen LogP) is 3.05. The average Bonchev–Trinajstić information content (AvgIpc) is 2.54. The van der Waals surface area contributed by atoms with E-state index in [4.69, 9.17) is 9.47 Å². The summed E-state index contributed by atoms with van der Waals surface area (Å²) in [7, 11) is 2.71. The molecule has 118 valence electrons. The number of carbonyl (C=O) groups excluding carboxylic acids is 2. The van der Waals surface area contributed by atoms with Gasteiger partial charge in [0.15, 0.2) is 0 Å². The third-order valence-corrected chi connectivity index (χ3v) is 5.93. The summed E-state index contributed by atoms with van der Waals surface area (Å²) >= 11 is 3.12. The molecule has 0 spiro atoms. The van der Waals surface area contributed by atoms with E-state index in [0.717, 1.165) is 17.1 Å². The van der Waals surface area contributed by atoms with Gasteiger partial charge in [-0.25, -0.2) is 4.79 Å². The highest BCUT2D eigenvalue weighted by Gasteiger charge is 2.32. The molecule has 1 heterocycles. The van der Waals surface area contributed by atoms with Crippen LogP contribution in [0.4, 0.5) is 0 Å². The first-order chi connectivity index (χ1) is 10.7. The van der Waals surface area contributed by atoms with Crippen LogP contribution < -0.4 is 0 Å².